The first-order valence-corrected chi connectivity index (χ1v) is 10.5. The zero-order chi connectivity index (χ0) is 19.8. The number of thiazole rings is 1. The van der Waals surface area contributed by atoms with Crippen molar-refractivity contribution in [3.05, 3.63) is 59.1 Å². The number of hydrogen-bond donors (Lipinski definition) is 2. The van der Waals surface area contributed by atoms with Crippen LogP contribution in [0, 0.1) is 0 Å². The minimum atomic E-state index is -0.205. The van der Waals surface area contributed by atoms with Crippen LogP contribution in [0.3, 0.4) is 0 Å². The van der Waals surface area contributed by atoms with Crippen LogP contribution in [0.1, 0.15) is 36.8 Å². The van der Waals surface area contributed by atoms with Gasteiger partial charge in [-0.15, -0.1) is 11.3 Å². The van der Waals surface area contributed by atoms with Gasteiger partial charge < -0.3 is 10.6 Å². The summed E-state index contributed by atoms with van der Waals surface area (Å²) in [5.41, 5.74) is 2.92. The lowest BCUT2D eigenvalue weighted by Gasteiger charge is -2.10. The normalized spacial score (nSPS) is 10.8. The average Bonchev–Trinajstić information content (AvgIpc) is 3.13. The van der Waals surface area contributed by atoms with Gasteiger partial charge in [-0.05, 0) is 49.4 Å². The van der Waals surface area contributed by atoms with E-state index in [0.717, 1.165) is 47.5 Å². The number of nitrogens with zero attached hydrogens (tertiary/aromatic N) is 1. The number of anilines is 1. The van der Waals surface area contributed by atoms with Crippen LogP contribution in [0.5, 0.6) is 0 Å². The Morgan fingerprint density at radius 1 is 1.00 bits per heavy atom. The van der Waals surface area contributed by atoms with Gasteiger partial charge in [-0.3, -0.25) is 9.59 Å². The molecule has 28 heavy (non-hydrogen) atoms. The first-order chi connectivity index (χ1) is 13.7. The molecule has 1 aromatic heterocycles. The predicted molar refractivity (Wildman–Crippen MR) is 115 cm³/mol. The Morgan fingerprint density at radius 2 is 1.79 bits per heavy atom. The molecule has 0 spiro atoms. The Balaban J connectivity index is 1.34. The van der Waals surface area contributed by atoms with Gasteiger partial charge in [0.15, 0.2) is 0 Å². The topological polar surface area (TPSA) is 71.1 Å². The number of para-hydroxylation sites is 2. The maximum absolute atomic E-state index is 12.1. The zero-order valence-corrected chi connectivity index (χ0v) is 16.8. The molecule has 0 aliphatic rings. The fourth-order valence-electron chi connectivity index (χ4n) is 3.00. The maximum atomic E-state index is 12.1. The summed E-state index contributed by atoms with van der Waals surface area (Å²) in [4.78, 5) is 28.6. The van der Waals surface area contributed by atoms with E-state index in [2.05, 4.69) is 21.7 Å². The lowest BCUT2D eigenvalue weighted by atomic mass is 10.1. The highest BCUT2D eigenvalue weighted by Crippen LogP contribution is 2.22. The Hall–Kier alpha value is -2.73. The molecular weight excluding hydrogens is 370 g/mol. The van der Waals surface area contributed by atoms with Crippen molar-refractivity contribution in [3.63, 3.8) is 0 Å². The van der Waals surface area contributed by atoms with Crippen molar-refractivity contribution < 1.29 is 9.59 Å². The van der Waals surface area contributed by atoms with Gasteiger partial charge in [0.25, 0.3) is 0 Å². The second-order valence-corrected chi connectivity index (χ2v) is 7.73. The number of amides is 2. The highest BCUT2D eigenvalue weighted by molar-refractivity contribution is 7.18. The molecule has 0 aliphatic heterocycles. The quantitative estimate of drug-likeness (QED) is 0.530. The smallest absolute Gasteiger partial charge is 0.243 e. The van der Waals surface area contributed by atoms with Crippen molar-refractivity contribution >= 4 is 39.1 Å². The van der Waals surface area contributed by atoms with E-state index in [9.17, 15) is 9.59 Å². The Labute approximate surface area is 169 Å². The number of unbranched alkanes of at least 4 members (excludes halogenated alkanes) is 1. The van der Waals surface area contributed by atoms with E-state index in [0.29, 0.717) is 6.42 Å². The Bertz CT molecular complexity index is 919. The molecule has 3 rings (SSSR count). The van der Waals surface area contributed by atoms with Crippen LogP contribution in [0.15, 0.2) is 48.5 Å². The number of carbonyl (C=O) groups is 2. The summed E-state index contributed by atoms with van der Waals surface area (Å²) in [5, 5.41) is 6.66. The summed E-state index contributed by atoms with van der Waals surface area (Å²) < 4.78 is 1.20. The van der Waals surface area contributed by atoms with Crippen LogP contribution < -0.4 is 10.6 Å². The van der Waals surface area contributed by atoms with Crippen molar-refractivity contribution in [1.82, 2.24) is 10.3 Å². The average molecular weight is 396 g/mol. The third kappa shape index (κ3) is 5.63. The third-order valence-electron chi connectivity index (χ3n) is 4.50. The molecule has 0 saturated carbocycles. The van der Waals surface area contributed by atoms with E-state index in [1.807, 2.05) is 49.4 Å². The molecule has 146 valence electrons. The third-order valence-corrected chi connectivity index (χ3v) is 5.60. The second kappa shape index (κ2) is 9.99. The van der Waals surface area contributed by atoms with E-state index >= 15 is 0 Å². The summed E-state index contributed by atoms with van der Waals surface area (Å²) in [7, 11) is 0. The molecule has 2 amide bonds. The molecule has 0 radical (unpaired) electrons. The molecule has 5 nitrogen and oxygen atoms in total. The number of hydrogen-bond acceptors (Lipinski definition) is 4. The second-order valence-electron chi connectivity index (χ2n) is 6.62. The molecule has 0 atom stereocenters. The van der Waals surface area contributed by atoms with Crippen LogP contribution >= 0.6 is 11.3 Å². The number of benzene rings is 2. The van der Waals surface area contributed by atoms with Gasteiger partial charge >= 0.3 is 0 Å². The van der Waals surface area contributed by atoms with Crippen molar-refractivity contribution in [2.24, 2.45) is 0 Å². The highest BCUT2D eigenvalue weighted by Gasteiger charge is 2.08. The Morgan fingerprint density at radius 3 is 2.61 bits per heavy atom. The number of aryl methyl sites for hydroxylation is 2. The molecule has 0 unspecified atom stereocenters. The van der Waals surface area contributed by atoms with Gasteiger partial charge in [0.2, 0.25) is 11.8 Å². The van der Waals surface area contributed by atoms with Gasteiger partial charge in [-0.2, -0.15) is 0 Å². The van der Waals surface area contributed by atoms with Crippen molar-refractivity contribution in [2.45, 2.75) is 39.0 Å². The zero-order valence-electron chi connectivity index (χ0n) is 16.0. The van der Waals surface area contributed by atoms with E-state index in [4.69, 9.17) is 0 Å². The van der Waals surface area contributed by atoms with E-state index < -0.39 is 0 Å². The van der Waals surface area contributed by atoms with Crippen LogP contribution in [0.25, 0.3) is 10.2 Å². The minimum Gasteiger partial charge on any atom is -0.347 e. The minimum absolute atomic E-state index is 0.00521. The lowest BCUT2D eigenvalue weighted by molar-refractivity contribution is -0.124. The largest absolute Gasteiger partial charge is 0.347 e. The van der Waals surface area contributed by atoms with Gasteiger partial charge in [-0.1, -0.05) is 37.3 Å². The van der Waals surface area contributed by atoms with Crippen molar-refractivity contribution in [3.8, 4) is 0 Å². The van der Waals surface area contributed by atoms with E-state index in [-0.39, 0.29) is 18.4 Å². The molecule has 0 saturated heterocycles. The van der Waals surface area contributed by atoms with Gasteiger partial charge in [0, 0.05) is 12.1 Å². The fourth-order valence-corrected chi connectivity index (χ4v) is 4.01. The summed E-state index contributed by atoms with van der Waals surface area (Å²) in [5.74, 6) is -0.299. The molecule has 0 fully saturated rings. The lowest BCUT2D eigenvalue weighted by Crippen LogP contribution is -2.32. The number of aromatic nitrogens is 1. The highest BCUT2D eigenvalue weighted by atomic mass is 32.1. The SMILES string of the molecule is CCc1ccccc1NC(=O)CNC(=O)CCCCc1nc2ccccc2s1. The molecule has 2 aromatic carbocycles. The van der Waals surface area contributed by atoms with Crippen LogP contribution in [-0.2, 0) is 22.4 Å². The molecule has 0 aliphatic carbocycles. The monoisotopic (exact) mass is 395 g/mol. The van der Waals surface area contributed by atoms with Gasteiger partial charge in [-0.25, -0.2) is 4.98 Å². The molecule has 0 bridgehead atoms. The summed E-state index contributed by atoms with van der Waals surface area (Å²) >= 11 is 1.71. The van der Waals surface area contributed by atoms with Gasteiger partial charge in [0.1, 0.15) is 0 Å². The number of nitrogens with one attached hydrogen (secondary N) is 2. The first-order valence-electron chi connectivity index (χ1n) is 9.64. The molecular formula is C22H25N3O2S. The van der Waals surface area contributed by atoms with E-state index in [1.54, 1.807) is 11.3 Å². The van der Waals surface area contributed by atoms with Crippen molar-refractivity contribution in [2.75, 3.05) is 11.9 Å². The predicted octanol–water partition coefficient (Wildman–Crippen LogP) is 4.33. The van der Waals surface area contributed by atoms with Crippen molar-refractivity contribution in [1.29, 1.82) is 0 Å². The summed E-state index contributed by atoms with van der Waals surface area (Å²) in [6.07, 6.45) is 3.83. The summed E-state index contributed by atoms with van der Waals surface area (Å²) in [6.45, 7) is 2.04. The molecule has 3 aromatic rings. The van der Waals surface area contributed by atoms with Crippen LogP contribution in [0.2, 0.25) is 0 Å². The Kier molecular flexibility index (Phi) is 7.14. The standard InChI is InChI=1S/C22H25N3O2S/c1-2-16-9-3-4-10-17(16)24-21(27)15-23-20(26)13-7-8-14-22-25-18-11-5-6-12-19(18)28-22/h3-6,9-12H,2,7-8,13-15H2,1H3,(H,23,26)(H,24,27). The van der Waals surface area contributed by atoms with Crippen LogP contribution in [0.4, 0.5) is 5.69 Å². The molecule has 1 heterocycles. The van der Waals surface area contributed by atoms with Gasteiger partial charge in [0.05, 0.1) is 21.8 Å². The molecule has 2 N–H and O–H groups in total. The number of carbonyl (C=O) groups excluding carboxylic acids is 2. The first kappa shape index (κ1) is 20.0. The molecule has 6 heteroatoms. The number of rotatable bonds is 9. The number of fused-ring (bicyclic) bond motifs is 1. The fraction of sp³-hybridized carbons (Fsp3) is 0.318. The summed E-state index contributed by atoms with van der Waals surface area (Å²) in [6, 6.07) is 15.8. The van der Waals surface area contributed by atoms with Crippen LogP contribution in [-0.4, -0.2) is 23.3 Å². The maximum Gasteiger partial charge on any atom is 0.243 e. The van der Waals surface area contributed by atoms with E-state index in [1.165, 1.54) is 4.70 Å².